The normalized spacial score (nSPS) is 20.1. The van der Waals surface area contributed by atoms with Gasteiger partial charge in [0.1, 0.15) is 0 Å². The zero-order valence-corrected chi connectivity index (χ0v) is 12.3. The third-order valence-electron chi connectivity index (χ3n) is 4.46. The van der Waals surface area contributed by atoms with Gasteiger partial charge in [-0.1, -0.05) is 6.92 Å². The molecule has 3 nitrogen and oxygen atoms in total. The zero-order valence-electron chi connectivity index (χ0n) is 12.3. The van der Waals surface area contributed by atoms with Crippen LogP contribution in [0.15, 0.2) is 24.3 Å². The molecule has 1 saturated carbocycles. The molecule has 3 heteroatoms. The third kappa shape index (κ3) is 3.21. The molecule has 20 heavy (non-hydrogen) atoms. The number of carbonyl (C=O) groups is 1. The lowest BCUT2D eigenvalue weighted by Gasteiger charge is -2.36. The van der Waals surface area contributed by atoms with E-state index in [1.807, 2.05) is 19.1 Å². The van der Waals surface area contributed by atoms with Crippen molar-refractivity contribution in [2.24, 2.45) is 5.92 Å². The summed E-state index contributed by atoms with van der Waals surface area (Å²) in [4.78, 5) is 16.7. The number of hydrogen-bond acceptors (Lipinski definition) is 3. The van der Waals surface area contributed by atoms with Gasteiger partial charge in [0.2, 0.25) is 0 Å². The van der Waals surface area contributed by atoms with E-state index in [4.69, 9.17) is 0 Å². The predicted molar refractivity (Wildman–Crippen MR) is 82.4 cm³/mol. The molecule has 1 heterocycles. The second-order valence-corrected chi connectivity index (χ2v) is 6.05. The summed E-state index contributed by atoms with van der Waals surface area (Å²) in [6.45, 7) is 7.77. The Balaban J connectivity index is 1.55. The van der Waals surface area contributed by atoms with Crippen molar-refractivity contribution in [3.8, 4) is 0 Å². The highest BCUT2D eigenvalue weighted by molar-refractivity contribution is 5.96. The first kappa shape index (κ1) is 13.6. The summed E-state index contributed by atoms with van der Waals surface area (Å²) < 4.78 is 0. The maximum atomic E-state index is 11.6. The number of carbonyl (C=O) groups excluding carboxylic acids is 1. The summed E-state index contributed by atoms with van der Waals surface area (Å²) in [7, 11) is 0. The van der Waals surface area contributed by atoms with Crippen molar-refractivity contribution < 1.29 is 4.79 Å². The minimum Gasteiger partial charge on any atom is -0.369 e. The van der Waals surface area contributed by atoms with E-state index in [0.717, 1.165) is 24.6 Å². The summed E-state index contributed by atoms with van der Waals surface area (Å²) in [6, 6.07) is 8.13. The fraction of sp³-hybridized carbons (Fsp3) is 0.588. The first-order chi connectivity index (χ1) is 9.76. The molecule has 0 bridgehead atoms. The Hall–Kier alpha value is -1.35. The summed E-state index contributed by atoms with van der Waals surface area (Å²) >= 11 is 0. The van der Waals surface area contributed by atoms with Crippen molar-refractivity contribution in [1.29, 1.82) is 0 Å². The van der Waals surface area contributed by atoms with E-state index >= 15 is 0 Å². The van der Waals surface area contributed by atoms with Gasteiger partial charge in [0, 0.05) is 50.4 Å². The molecule has 1 aliphatic heterocycles. The van der Waals surface area contributed by atoms with Crippen LogP contribution in [0, 0.1) is 5.92 Å². The summed E-state index contributed by atoms with van der Waals surface area (Å²) in [6.07, 6.45) is 3.46. The van der Waals surface area contributed by atoms with E-state index in [1.54, 1.807) is 0 Å². The van der Waals surface area contributed by atoms with Gasteiger partial charge in [0.15, 0.2) is 5.78 Å². The Morgan fingerprint density at radius 1 is 1.10 bits per heavy atom. The Morgan fingerprint density at radius 2 is 1.75 bits per heavy atom. The smallest absolute Gasteiger partial charge is 0.162 e. The van der Waals surface area contributed by atoms with Crippen molar-refractivity contribution in [1.82, 2.24) is 4.90 Å². The van der Waals surface area contributed by atoms with Gasteiger partial charge >= 0.3 is 0 Å². The van der Waals surface area contributed by atoms with Crippen molar-refractivity contribution in [3.05, 3.63) is 29.8 Å². The predicted octanol–water partition coefficient (Wildman–Crippen LogP) is 2.81. The summed E-state index contributed by atoms with van der Waals surface area (Å²) in [5.41, 5.74) is 2.09. The number of piperazine rings is 1. The molecule has 108 valence electrons. The lowest BCUT2D eigenvalue weighted by atomic mass is 10.1. The lowest BCUT2D eigenvalue weighted by molar-refractivity contribution is 0.0988. The molecular weight excluding hydrogens is 248 g/mol. The molecular formula is C17H24N2O. The van der Waals surface area contributed by atoms with Gasteiger partial charge in [-0.05, 0) is 43.0 Å². The molecule has 0 unspecified atom stereocenters. The van der Waals surface area contributed by atoms with E-state index in [-0.39, 0.29) is 5.78 Å². The first-order valence-electron chi connectivity index (χ1n) is 7.87. The quantitative estimate of drug-likeness (QED) is 0.770. The van der Waals surface area contributed by atoms with E-state index in [9.17, 15) is 4.79 Å². The monoisotopic (exact) mass is 272 g/mol. The summed E-state index contributed by atoms with van der Waals surface area (Å²) in [5, 5.41) is 0. The molecule has 1 aromatic carbocycles. The van der Waals surface area contributed by atoms with Crippen LogP contribution in [-0.4, -0.2) is 43.4 Å². The Bertz CT molecular complexity index is 456. The van der Waals surface area contributed by atoms with Gasteiger partial charge in [-0.15, -0.1) is 0 Å². The van der Waals surface area contributed by atoms with Crippen LogP contribution >= 0.6 is 0 Å². The summed E-state index contributed by atoms with van der Waals surface area (Å²) in [5.74, 6) is 1.21. The van der Waals surface area contributed by atoms with Gasteiger partial charge in [0.05, 0.1) is 0 Å². The van der Waals surface area contributed by atoms with Gasteiger partial charge < -0.3 is 4.90 Å². The number of nitrogens with zero attached hydrogens (tertiary/aromatic N) is 2. The minimum atomic E-state index is 0.228. The van der Waals surface area contributed by atoms with E-state index < -0.39 is 0 Å². The standard InChI is InChI=1S/C17H24N2O/c1-2-17(20)15-5-7-16(8-6-15)19-11-9-18(10-12-19)13-14-3-4-14/h5-8,14H,2-4,9-13H2,1H3. The van der Waals surface area contributed by atoms with Crippen LogP contribution in [0.25, 0.3) is 0 Å². The number of anilines is 1. The molecule has 0 aromatic heterocycles. The highest BCUT2D eigenvalue weighted by Crippen LogP contribution is 2.30. The van der Waals surface area contributed by atoms with Crippen LogP contribution < -0.4 is 4.90 Å². The zero-order chi connectivity index (χ0) is 13.9. The van der Waals surface area contributed by atoms with Crippen molar-refractivity contribution in [3.63, 3.8) is 0 Å². The number of Topliss-reactive ketones (excluding diaryl/α,β-unsaturated/α-hetero) is 1. The van der Waals surface area contributed by atoms with Crippen LogP contribution in [0.4, 0.5) is 5.69 Å². The maximum Gasteiger partial charge on any atom is 0.162 e. The van der Waals surface area contributed by atoms with E-state index in [2.05, 4.69) is 21.9 Å². The fourth-order valence-electron chi connectivity index (χ4n) is 2.92. The maximum absolute atomic E-state index is 11.6. The highest BCUT2D eigenvalue weighted by Gasteiger charge is 2.26. The number of hydrogen-bond donors (Lipinski definition) is 0. The molecule has 1 aliphatic carbocycles. The second-order valence-electron chi connectivity index (χ2n) is 6.05. The molecule has 0 spiro atoms. The SMILES string of the molecule is CCC(=O)c1ccc(N2CCN(CC3CC3)CC2)cc1. The van der Waals surface area contributed by atoms with E-state index in [0.29, 0.717) is 6.42 Å². The van der Waals surface area contributed by atoms with Crippen molar-refractivity contribution in [2.45, 2.75) is 26.2 Å². The third-order valence-corrected chi connectivity index (χ3v) is 4.46. The largest absolute Gasteiger partial charge is 0.369 e. The van der Waals surface area contributed by atoms with Crippen LogP contribution in [0.2, 0.25) is 0 Å². The molecule has 2 fully saturated rings. The van der Waals surface area contributed by atoms with Gasteiger partial charge in [0.25, 0.3) is 0 Å². The minimum absolute atomic E-state index is 0.228. The van der Waals surface area contributed by atoms with E-state index in [1.165, 1.54) is 38.2 Å². The first-order valence-corrected chi connectivity index (χ1v) is 7.87. The topological polar surface area (TPSA) is 23.6 Å². The van der Waals surface area contributed by atoms with Crippen LogP contribution in [-0.2, 0) is 0 Å². The average Bonchev–Trinajstić information content (AvgIpc) is 3.31. The van der Waals surface area contributed by atoms with Crippen molar-refractivity contribution in [2.75, 3.05) is 37.6 Å². The van der Waals surface area contributed by atoms with Gasteiger partial charge in [-0.2, -0.15) is 0 Å². The number of rotatable bonds is 5. The van der Waals surface area contributed by atoms with Crippen LogP contribution in [0.3, 0.4) is 0 Å². The molecule has 0 N–H and O–H groups in total. The Labute approximate surface area is 121 Å². The van der Waals surface area contributed by atoms with Crippen molar-refractivity contribution >= 4 is 11.5 Å². The average molecular weight is 272 g/mol. The van der Waals surface area contributed by atoms with Gasteiger partial charge in [-0.25, -0.2) is 0 Å². The molecule has 3 rings (SSSR count). The Morgan fingerprint density at radius 3 is 2.30 bits per heavy atom. The fourth-order valence-corrected chi connectivity index (χ4v) is 2.92. The van der Waals surface area contributed by atoms with Gasteiger partial charge in [-0.3, -0.25) is 9.69 Å². The molecule has 1 saturated heterocycles. The van der Waals surface area contributed by atoms with Crippen LogP contribution in [0.5, 0.6) is 0 Å². The Kier molecular flexibility index (Phi) is 4.06. The molecule has 0 atom stereocenters. The molecule has 1 aromatic rings. The number of ketones is 1. The molecule has 2 aliphatic rings. The van der Waals surface area contributed by atoms with Crippen LogP contribution in [0.1, 0.15) is 36.5 Å². The lowest BCUT2D eigenvalue weighted by Crippen LogP contribution is -2.47. The molecule has 0 radical (unpaired) electrons. The number of benzene rings is 1. The molecule has 0 amide bonds. The second kappa shape index (κ2) is 5.96. The highest BCUT2D eigenvalue weighted by atomic mass is 16.1.